The zero-order valence-corrected chi connectivity index (χ0v) is 20.5. The van der Waals surface area contributed by atoms with Crippen molar-refractivity contribution < 1.29 is 0 Å². The summed E-state index contributed by atoms with van der Waals surface area (Å²) in [6, 6.07) is 29.6. The van der Waals surface area contributed by atoms with Crippen LogP contribution in [0.5, 0.6) is 0 Å². The molecule has 0 fully saturated rings. The van der Waals surface area contributed by atoms with Gasteiger partial charge in [0.15, 0.2) is 0 Å². The molecule has 1 aliphatic carbocycles. The summed E-state index contributed by atoms with van der Waals surface area (Å²) in [6.45, 7) is 13.5. The summed E-state index contributed by atoms with van der Waals surface area (Å²) >= 11 is 0. The maximum absolute atomic E-state index is 7.45. The molecule has 5 rings (SSSR count). The lowest BCUT2D eigenvalue weighted by Crippen LogP contribution is -2.43. The van der Waals surface area contributed by atoms with E-state index in [2.05, 4.69) is 101 Å². The lowest BCUT2D eigenvalue weighted by atomic mass is 9.79. The Hall–Kier alpha value is -3.49. The van der Waals surface area contributed by atoms with Gasteiger partial charge in [0.25, 0.3) is 0 Å². The van der Waals surface area contributed by atoms with Crippen LogP contribution in [-0.2, 0) is 5.54 Å². The van der Waals surface area contributed by atoms with E-state index in [0.29, 0.717) is 11.8 Å². The normalized spacial score (nSPS) is 18.4. The van der Waals surface area contributed by atoms with Gasteiger partial charge in [-0.15, -0.1) is 0 Å². The van der Waals surface area contributed by atoms with Crippen LogP contribution >= 0.6 is 0 Å². The van der Waals surface area contributed by atoms with Crippen molar-refractivity contribution in [2.45, 2.75) is 45.1 Å². The van der Waals surface area contributed by atoms with Gasteiger partial charge in [-0.1, -0.05) is 119 Å². The summed E-state index contributed by atoms with van der Waals surface area (Å²) in [5, 5.41) is 2.36. The SMILES string of the molecule is C=C(c1ccccc1)C1(N)C(=Nc2c(C(C)C)cccc2C(C)C)c2cccc3cccc1c23. The van der Waals surface area contributed by atoms with Crippen LogP contribution in [0.4, 0.5) is 5.69 Å². The number of aliphatic imine (C=N–C) groups is 1. The Bertz CT molecular complexity index is 1390. The van der Waals surface area contributed by atoms with Gasteiger partial charge in [0.1, 0.15) is 5.54 Å². The van der Waals surface area contributed by atoms with E-state index < -0.39 is 5.54 Å². The van der Waals surface area contributed by atoms with Crippen LogP contribution in [0.15, 0.2) is 96.5 Å². The van der Waals surface area contributed by atoms with Gasteiger partial charge in [0.05, 0.1) is 11.4 Å². The van der Waals surface area contributed by atoms with E-state index in [1.165, 1.54) is 21.9 Å². The molecule has 0 amide bonds. The van der Waals surface area contributed by atoms with Crippen molar-refractivity contribution in [3.8, 4) is 0 Å². The van der Waals surface area contributed by atoms with Crippen LogP contribution in [0, 0.1) is 0 Å². The summed E-state index contributed by atoms with van der Waals surface area (Å²) < 4.78 is 0. The van der Waals surface area contributed by atoms with Crippen LogP contribution in [-0.4, -0.2) is 5.71 Å². The van der Waals surface area contributed by atoms with Gasteiger partial charge in [-0.25, -0.2) is 4.99 Å². The minimum absolute atomic E-state index is 0.349. The third-order valence-corrected chi connectivity index (χ3v) is 7.12. The molecule has 0 radical (unpaired) electrons. The first-order chi connectivity index (χ1) is 16.3. The van der Waals surface area contributed by atoms with E-state index in [9.17, 15) is 0 Å². The molecule has 0 saturated heterocycles. The number of hydrogen-bond donors (Lipinski definition) is 1. The predicted octanol–water partition coefficient (Wildman–Crippen LogP) is 8.09. The van der Waals surface area contributed by atoms with Crippen LogP contribution in [0.1, 0.15) is 67.3 Å². The maximum Gasteiger partial charge on any atom is 0.111 e. The number of para-hydroxylation sites is 1. The van der Waals surface area contributed by atoms with E-state index in [4.69, 9.17) is 10.7 Å². The highest BCUT2D eigenvalue weighted by molar-refractivity contribution is 6.27. The summed E-state index contributed by atoms with van der Waals surface area (Å²) in [5.41, 5.74) is 15.0. The van der Waals surface area contributed by atoms with Gasteiger partial charge in [-0.2, -0.15) is 0 Å². The first-order valence-corrected chi connectivity index (χ1v) is 12.1. The molecule has 34 heavy (non-hydrogen) atoms. The summed E-state index contributed by atoms with van der Waals surface area (Å²) in [7, 11) is 0. The Morgan fingerprint density at radius 1 is 0.765 bits per heavy atom. The van der Waals surface area contributed by atoms with E-state index in [-0.39, 0.29) is 0 Å². The molecule has 2 heteroatoms. The van der Waals surface area contributed by atoms with Crippen molar-refractivity contribution in [3.63, 3.8) is 0 Å². The molecule has 0 aromatic heterocycles. The lowest BCUT2D eigenvalue weighted by molar-refractivity contribution is 0.801. The topological polar surface area (TPSA) is 38.4 Å². The summed E-state index contributed by atoms with van der Waals surface area (Å²) in [6.07, 6.45) is 0. The maximum atomic E-state index is 7.45. The Balaban J connectivity index is 1.86. The van der Waals surface area contributed by atoms with Gasteiger partial charge in [0, 0.05) is 5.56 Å². The second-order valence-corrected chi connectivity index (χ2v) is 9.92. The Labute approximate surface area is 202 Å². The van der Waals surface area contributed by atoms with Gasteiger partial charge in [-0.3, -0.25) is 0 Å². The van der Waals surface area contributed by atoms with Crippen molar-refractivity contribution in [1.82, 2.24) is 0 Å². The fourth-order valence-electron chi connectivity index (χ4n) is 5.28. The molecule has 0 heterocycles. The Kier molecular flexibility index (Phi) is 5.50. The lowest BCUT2D eigenvalue weighted by Gasteiger charge is -2.30. The fraction of sp³-hybridized carbons (Fsp3) is 0.219. The van der Waals surface area contributed by atoms with Crippen molar-refractivity contribution in [2.24, 2.45) is 10.7 Å². The van der Waals surface area contributed by atoms with Crippen molar-refractivity contribution in [2.75, 3.05) is 0 Å². The third kappa shape index (κ3) is 3.33. The zero-order chi connectivity index (χ0) is 24.0. The molecule has 0 aliphatic heterocycles. The average Bonchev–Trinajstić information content (AvgIpc) is 3.09. The quantitative estimate of drug-likeness (QED) is 0.332. The molecule has 2 N–H and O–H groups in total. The second-order valence-electron chi connectivity index (χ2n) is 9.92. The third-order valence-electron chi connectivity index (χ3n) is 7.12. The van der Waals surface area contributed by atoms with Crippen LogP contribution in [0.25, 0.3) is 16.3 Å². The number of hydrogen-bond acceptors (Lipinski definition) is 2. The summed E-state index contributed by atoms with van der Waals surface area (Å²) in [5.74, 6) is 0.698. The predicted molar refractivity (Wildman–Crippen MR) is 146 cm³/mol. The number of nitrogens with two attached hydrogens (primary N) is 1. The Morgan fingerprint density at radius 3 is 1.97 bits per heavy atom. The number of rotatable bonds is 5. The standard InChI is InChI=1S/C32H32N2/c1-20(2)25-16-11-17-26(21(3)4)30(25)34-31-27-18-9-14-24-15-10-19-28(29(24)27)32(31,33)22(5)23-12-7-6-8-13-23/h6-21H,5,33H2,1-4H3. The Morgan fingerprint density at radius 2 is 1.35 bits per heavy atom. The molecule has 1 aliphatic rings. The van der Waals surface area contributed by atoms with Crippen LogP contribution in [0.2, 0.25) is 0 Å². The highest BCUT2D eigenvalue weighted by atomic mass is 14.9. The van der Waals surface area contributed by atoms with Crippen molar-refractivity contribution >= 4 is 27.7 Å². The molecule has 0 bridgehead atoms. The van der Waals surface area contributed by atoms with Crippen molar-refractivity contribution in [3.05, 3.63) is 119 Å². The molecule has 2 nitrogen and oxygen atoms in total. The minimum Gasteiger partial charge on any atom is -0.313 e. The zero-order valence-electron chi connectivity index (χ0n) is 20.5. The highest BCUT2D eigenvalue weighted by Gasteiger charge is 2.45. The van der Waals surface area contributed by atoms with Gasteiger partial charge in [-0.05, 0) is 50.4 Å². The molecule has 4 aromatic rings. The molecule has 170 valence electrons. The van der Waals surface area contributed by atoms with E-state index >= 15 is 0 Å². The number of nitrogens with zero attached hydrogens (tertiary/aromatic N) is 1. The number of benzene rings is 4. The first-order valence-electron chi connectivity index (χ1n) is 12.1. The molecule has 1 atom stereocenters. The largest absolute Gasteiger partial charge is 0.313 e. The van der Waals surface area contributed by atoms with E-state index in [0.717, 1.165) is 33.7 Å². The van der Waals surface area contributed by atoms with Gasteiger partial charge >= 0.3 is 0 Å². The molecular formula is C32H32N2. The first kappa shape index (κ1) is 22.3. The van der Waals surface area contributed by atoms with Gasteiger partial charge in [0.2, 0.25) is 0 Å². The second kappa shape index (κ2) is 8.38. The fourth-order valence-corrected chi connectivity index (χ4v) is 5.28. The minimum atomic E-state index is -0.928. The highest BCUT2D eigenvalue weighted by Crippen LogP contribution is 2.48. The van der Waals surface area contributed by atoms with Crippen LogP contribution in [0.3, 0.4) is 0 Å². The van der Waals surface area contributed by atoms with Crippen molar-refractivity contribution in [1.29, 1.82) is 0 Å². The van der Waals surface area contributed by atoms with Gasteiger partial charge < -0.3 is 5.73 Å². The summed E-state index contributed by atoms with van der Waals surface area (Å²) in [4.78, 5) is 5.47. The molecule has 4 aromatic carbocycles. The molecule has 0 spiro atoms. The smallest absolute Gasteiger partial charge is 0.111 e. The molecular weight excluding hydrogens is 412 g/mol. The average molecular weight is 445 g/mol. The molecule has 0 saturated carbocycles. The monoisotopic (exact) mass is 444 g/mol. The van der Waals surface area contributed by atoms with E-state index in [1.54, 1.807) is 0 Å². The molecule has 1 unspecified atom stereocenters. The van der Waals surface area contributed by atoms with E-state index in [1.807, 2.05) is 18.2 Å². The van der Waals surface area contributed by atoms with Crippen LogP contribution < -0.4 is 5.73 Å².